The second-order valence-corrected chi connectivity index (χ2v) is 2.79. The van der Waals surface area contributed by atoms with Crippen molar-refractivity contribution in [1.29, 1.82) is 0 Å². The van der Waals surface area contributed by atoms with Crippen LogP contribution in [0.3, 0.4) is 0 Å². The van der Waals surface area contributed by atoms with E-state index in [1.807, 2.05) is 0 Å². The SMILES string of the molecule is O=C(O)C(S)CCCS. The van der Waals surface area contributed by atoms with Crippen molar-refractivity contribution in [2.75, 3.05) is 5.75 Å². The van der Waals surface area contributed by atoms with Gasteiger partial charge in [0.15, 0.2) is 0 Å². The highest BCUT2D eigenvalue weighted by atomic mass is 32.1. The number of aliphatic carboxylic acids is 1. The molecule has 0 aliphatic heterocycles. The molecule has 0 fully saturated rings. The Bertz CT molecular complexity index is 95.0. The number of carbonyl (C=O) groups is 1. The molecule has 0 heterocycles. The van der Waals surface area contributed by atoms with E-state index in [4.69, 9.17) is 5.11 Å². The molecular formula is C5H10O2S2. The number of thiol groups is 2. The molecule has 0 saturated heterocycles. The number of carboxylic acid groups (broad SMARTS) is 1. The normalized spacial score (nSPS) is 13.1. The molecule has 0 saturated carbocycles. The quantitative estimate of drug-likeness (QED) is 0.547. The Morgan fingerprint density at radius 3 is 2.56 bits per heavy atom. The Morgan fingerprint density at radius 1 is 1.67 bits per heavy atom. The third kappa shape index (κ3) is 4.66. The van der Waals surface area contributed by atoms with Gasteiger partial charge in [0.1, 0.15) is 0 Å². The van der Waals surface area contributed by atoms with Crippen LogP contribution in [0.1, 0.15) is 12.8 Å². The zero-order valence-corrected chi connectivity index (χ0v) is 6.74. The lowest BCUT2D eigenvalue weighted by Crippen LogP contribution is -2.12. The first-order chi connectivity index (χ1) is 4.18. The average Bonchev–Trinajstić information content (AvgIpc) is 1.82. The summed E-state index contributed by atoms with van der Waals surface area (Å²) in [5, 5.41) is 7.79. The van der Waals surface area contributed by atoms with Gasteiger partial charge in [0.25, 0.3) is 0 Å². The predicted octanol–water partition coefficient (Wildman–Crippen LogP) is 1.08. The molecule has 54 valence electrons. The highest BCUT2D eigenvalue weighted by Crippen LogP contribution is 2.04. The van der Waals surface area contributed by atoms with Crippen LogP contribution in [-0.2, 0) is 4.79 Å². The second kappa shape index (κ2) is 4.99. The first-order valence-corrected chi connectivity index (χ1v) is 3.85. The highest BCUT2D eigenvalue weighted by molar-refractivity contribution is 7.81. The van der Waals surface area contributed by atoms with Gasteiger partial charge in [-0.15, -0.1) is 0 Å². The third-order valence-corrected chi connectivity index (χ3v) is 1.72. The van der Waals surface area contributed by atoms with Crippen LogP contribution >= 0.6 is 25.3 Å². The van der Waals surface area contributed by atoms with Crippen molar-refractivity contribution < 1.29 is 9.90 Å². The summed E-state index contributed by atoms with van der Waals surface area (Å²) in [4.78, 5) is 10.1. The molecule has 0 spiro atoms. The maximum Gasteiger partial charge on any atom is 0.316 e. The molecule has 0 bridgehead atoms. The van der Waals surface area contributed by atoms with Crippen molar-refractivity contribution in [1.82, 2.24) is 0 Å². The molecular weight excluding hydrogens is 156 g/mol. The zero-order valence-electron chi connectivity index (χ0n) is 4.95. The minimum atomic E-state index is -0.847. The molecule has 0 aliphatic carbocycles. The summed E-state index contributed by atoms with van der Waals surface area (Å²) in [5.74, 6) is -0.121. The molecule has 1 unspecified atom stereocenters. The summed E-state index contributed by atoms with van der Waals surface area (Å²) >= 11 is 7.76. The number of hydrogen-bond acceptors (Lipinski definition) is 3. The third-order valence-electron chi connectivity index (χ3n) is 0.921. The van der Waals surface area contributed by atoms with Crippen LogP contribution in [0.5, 0.6) is 0 Å². The molecule has 4 heteroatoms. The largest absolute Gasteiger partial charge is 0.480 e. The Balaban J connectivity index is 3.27. The predicted molar refractivity (Wildman–Crippen MR) is 43.5 cm³/mol. The van der Waals surface area contributed by atoms with E-state index >= 15 is 0 Å². The molecule has 0 aromatic rings. The number of rotatable bonds is 4. The van der Waals surface area contributed by atoms with Crippen LogP contribution in [0.2, 0.25) is 0 Å². The molecule has 0 amide bonds. The maximum absolute atomic E-state index is 10.1. The van der Waals surface area contributed by atoms with Crippen molar-refractivity contribution in [3.8, 4) is 0 Å². The fourth-order valence-electron chi connectivity index (χ4n) is 0.408. The fraction of sp³-hybridized carbons (Fsp3) is 0.800. The van der Waals surface area contributed by atoms with Gasteiger partial charge in [-0.3, -0.25) is 4.79 Å². The van der Waals surface area contributed by atoms with Gasteiger partial charge >= 0.3 is 5.97 Å². The Labute approximate surface area is 65.5 Å². The van der Waals surface area contributed by atoms with Crippen LogP contribution in [0.15, 0.2) is 0 Å². The van der Waals surface area contributed by atoms with Crippen LogP contribution < -0.4 is 0 Å². The van der Waals surface area contributed by atoms with Gasteiger partial charge in [0, 0.05) is 0 Å². The van der Waals surface area contributed by atoms with E-state index < -0.39 is 11.2 Å². The van der Waals surface area contributed by atoms with Gasteiger partial charge in [-0.1, -0.05) is 0 Å². The van der Waals surface area contributed by atoms with Gasteiger partial charge in [0.2, 0.25) is 0 Å². The highest BCUT2D eigenvalue weighted by Gasteiger charge is 2.09. The summed E-state index contributed by atoms with van der Waals surface area (Å²) < 4.78 is 0. The Morgan fingerprint density at radius 2 is 2.22 bits per heavy atom. The molecule has 0 aromatic carbocycles. The minimum Gasteiger partial charge on any atom is -0.480 e. The number of hydrogen-bond donors (Lipinski definition) is 3. The van der Waals surface area contributed by atoms with E-state index in [1.165, 1.54) is 0 Å². The van der Waals surface area contributed by atoms with Gasteiger partial charge in [0.05, 0.1) is 5.25 Å². The van der Waals surface area contributed by atoms with Crippen LogP contribution in [-0.4, -0.2) is 22.1 Å². The number of carboxylic acids is 1. The average molecular weight is 166 g/mol. The van der Waals surface area contributed by atoms with Crippen LogP contribution in [0.25, 0.3) is 0 Å². The van der Waals surface area contributed by atoms with E-state index in [1.54, 1.807) is 0 Å². The van der Waals surface area contributed by atoms with Crippen molar-refractivity contribution >= 4 is 31.2 Å². The maximum atomic E-state index is 10.1. The van der Waals surface area contributed by atoms with Gasteiger partial charge in [-0.05, 0) is 18.6 Å². The Kier molecular flexibility index (Phi) is 5.09. The molecule has 0 aromatic heterocycles. The van der Waals surface area contributed by atoms with Gasteiger partial charge in [-0.2, -0.15) is 25.3 Å². The van der Waals surface area contributed by atoms with Gasteiger partial charge < -0.3 is 5.11 Å². The summed E-state index contributed by atoms with van der Waals surface area (Å²) in [6, 6.07) is 0. The molecule has 1 N–H and O–H groups in total. The first-order valence-electron chi connectivity index (χ1n) is 2.70. The monoisotopic (exact) mass is 166 g/mol. The molecule has 0 rings (SSSR count). The van der Waals surface area contributed by atoms with Crippen molar-refractivity contribution in [2.45, 2.75) is 18.1 Å². The first kappa shape index (κ1) is 9.17. The van der Waals surface area contributed by atoms with E-state index in [9.17, 15) is 4.79 Å². The topological polar surface area (TPSA) is 37.3 Å². The van der Waals surface area contributed by atoms with E-state index in [2.05, 4.69) is 25.3 Å². The lowest BCUT2D eigenvalue weighted by Gasteiger charge is -2.01. The van der Waals surface area contributed by atoms with Crippen LogP contribution in [0, 0.1) is 0 Å². The molecule has 9 heavy (non-hydrogen) atoms. The van der Waals surface area contributed by atoms with Crippen LogP contribution in [0.4, 0.5) is 0 Å². The summed E-state index contributed by atoms with van der Waals surface area (Å²) in [7, 11) is 0. The van der Waals surface area contributed by atoms with E-state index in [0.717, 1.165) is 12.2 Å². The van der Waals surface area contributed by atoms with Crippen molar-refractivity contribution in [2.24, 2.45) is 0 Å². The lowest BCUT2D eigenvalue weighted by molar-refractivity contribution is -0.136. The van der Waals surface area contributed by atoms with Crippen molar-refractivity contribution in [3.63, 3.8) is 0 Å². The smallest absolute Gasteiger partial charge is 0.316 e. The van der Waals surface area contributed by atoms with Gasteiger partial charge in [-0.25, -0.2) is 0 Å². The van der Waals surface area contributed by atoms with E-state index in [-0.39, 0.29) is 0 Å². The molecule has 0 aliphatic rings. The second-order valence-electron chi connectivity index (χ2n) is 1.72. The van der Waals surface area contributed by atoms with E-state index in [0.29, 0.717) is 6.42 Å². The standard InChI is InChI=1S/C5H10O2S2/c6-5(7)4(9)2-1-3-8/h4,8-9H,1-3H2,(H,6,7). The summed E-state index contributed by atoms with van der Waals surface area (Å²) in [5.41, 5.74) is 0. The Hall–Kier alpha value is 0.170. The summed E-state index contributed by atoms with van der Waals surface area (Å²) in [6.07, 6.45) is 1.41. The lowest BCUT2D eigenvalue weighted by atomic mass is 10.2. The molecule has 2 nitrogen and oxygen atoms in total. The summed E-state index contributed by atoms with van der Waals surface area (Å²) in [6.45, 7) is 0. The fourth-order valence-corrected chi connectivity index (χ4v) is 0.773. The molecule has 1 atom stereocenters. The zero-order chi connectivity index (χ0) is 7.28. The minimum absolute atomic E-state index is 0.517. The molecule has 0 radical (unpaired) electrons. The van der Waals surface area contributed by atoms with Crippen molar-refractivity contribution in [3.05, 3.63) is 0 Å².